The summed E-state index contributed by atoms with van der Waals surface area (Å²) in [6.45, 7) is 0. The third-order valence-corrected chi connectivity index (χ3v) is 14.6. The number of aromatic nitrogens is 3. The fourth-order valence-electron chi connectivity index (χ4n) is 9.86. The van der Waals surface area contributed by atoms with Crippen LogP contribution in [-0.2, 0) is 5.41 Å². The summed E-state index contributed by atoms with van der Waals surface area (Å²) in [5.74, 6) is 0.675. The molecule has 0 saturated heterocycles. The molecule has 0 atom stereocenters. The molecule has 1 aliphatic heterocycles. The zero-order chi connectivity index (χ0) is 38.0. The van der Waals surface area contributed by atoms with Crippen LogP contribution < -0.4 is 0 Å². The number of nitrogens with zero attached hydrogens (tertiary/aromatic N) is 3. The van der Waals surface area contributed by atoms with Gasteiger partial charge in [-0.25, -0.2) is 9.97 Å². The first kappa shape index (κ1) is 32.3. The summed E-state index contributed by atoms with van der Waals surface area (Å²) in [5, 5.41) is 3.54. The monoisotopic (exact) mass is 773 g/mol. The van der Waals surface area contributed by atoms with E-state index >= 15 is 0 Å². The molecule has 0 radical (unpaired) electrons. The van der Waals surface area contributed by atoms with Crippen LogP contribution in [0.25, 0.3) is 81.6 Å². The van der Waals surface area contributed by atoms with E-state index in [0.29, 0.717) is 5.95 Å². The molecule has 4 heterocycles. The van der Waals surface area contributed by atoms with Gasteiger partial charge >= 0.3 is 0 Å². The summed E-state index contributed by atoms with van der Waals surface area (Å²) < 4.78 is 4.63. The van der Waals surface area contributed by atoms with Gasteiger partial charge in [0, 0.05) is 36.2 Å². The molecule has 0 fully saturated rings. The first-order valence-corrected chi connectivity index (χ1v) is 21.3. The predicted octanol–water partition coefficient (Wildman–Crippen LogP) is 14.1. The first-order valence-electron chi connectivity index (χ1n) is 19.7. The topological polar surface area (TPSA) is 30.7 Å². The van der Waals surface area contributed by atoms with Gasteiger partial charge < -0.3 is 0 Å². The minimum Gasteiger partial charge on any atom is -0.278 e. The van der Waals surface area contributed by atoms with Crippen molar-refractivity contribution >= 4 is 65.2 Å². The maximum atomic E-state index is 5.58. The van der Waals surface area contributed by atoms with Gasteiger partial charge in [-0.15, -0.1) is 11.3 Å². The molecule has 3 aromatic heterocycles. The normalized spacial score (nSPS) is 13.6. The molecule has 3 nitrogen and oxygen atoms in total. The second kappa shape index (κ2) is 12.1. The number of benzene rings is 8. The van der Waals surface area contributed by atoms with Crippen molar-refractivity contribution in [3.05, 3.63) is 210 Å². The summed E-state index contributed by atoms with van der Waals surface area (Å²) in [5.41, 5.74) is 15.0. The molecule has 5 heteroatoms. The second-order valence-corrected chi connectivity index (χ2v) is 17.4. The summed E-state index contributed by atoms with van der Waals surface area (Å²) in [6.07, 6.45) is 0. The van der Waals surface area contributed by atoms with Gasteiger partial charge in [-0.2, -0.15) is 0 Å². The number of hydrogen-bond donors (Lipinski definition) is 0. The van der Waals surface area contributed by atoms with Gasteiger partial charge in [0.25, 0.3) is 0 Å². The van der Waals surface area contributed by atoms with Crippen LogP contribution in [0.1, 0.15) is 22.3 Å². The zero-order valence-corrected chi connectivity index (χ0v) is 32.7. The van der Waals surface area contributed by atoms with Crippen molar-refractivity contribution in [2.24, 2.45) is 0 Å². The van der Waals surface area contributed by atoms with Crippen LogP contribution in [0.2, 0.25) is 0 Å². The molecule has 0 N–H and O–H groups in total. The van der Waals surface area contributed by atoms with Crippen LogP contribution in [0.3, 0.4) is 0 Å². The maximum Gasteiger partial charge on any atom is 0.235 e. The predicted molar refractivity (Wildman–Crippen MR) is 242 cm³/mol. The largest absolute Gasteiger partial charge is 0.278 e. The lowest BCUT2D eigenvalue weighted by Crippen LogP contribution is -2.32. The van der Waals surface area contributed by atoms with Gasteiger partial charge in [-0.3, -0.25) is 4.57 Å². The minimum atomic E-state index is -0.486. The van der Waals surface area contributed by atoms with E-state index in [1.165, 1.54) is 69.8 Å². The molecule has 58 heavy (non-hydrogen) atoms. The average molecular weight is 774 g/mol. The first-order chi connectivity index (χ1) is 28.8. The molecule has 0 unspecified atom stereocenters. The molecule has 270 valence electrons. The minimum absolute atomic E-state index is 0.486. The van der Waals surface area contributed by atoms with Crippen LogP contribution in [-0.4, -0.2) is 14.5 Å². The molecule has 0 amide bonds. The van der Waals surface area contributed by atoms with Crippen LogP contribution in [0.4, 0.5) is 0 Å². The summed E-state index contributed by atoms with van der Waals surface area (Å²) in [6, 6.07) is 68.8. The van der Waals surface area contributed by atoms with Crippen molar-refractivity contribution in [2.45, 2.75) is 15.2 Å². The number of fused-ring (bicyclic) bond motifs is 15. The van der Waals surface area contributed by atoms with Gasteiger partial charge in [-0.05, 0) is 74.8 Å². The van der Waals surface area contributed by atoms with E-state index in [2.05, 4.69) is 193 Å². The highest BCUT2D eigenvalue weighted by Gasteiger charge is 2.50. The second-order valence-electron chi connectivity index (χ2n) is 15.2. The lowest BCUT2D eigenvalue weighted by atomic mass is 9.67. The molecular weight excluding hydrogens is 743 g/mol. The molecule has 13 rings (SSSR count). The fourth-order valence-corrected chi connectivity index (χ4v) is 12.2. The number of para-hydroxylation sites is 1. The quantitative estimate of drug-likeness (QED) is 0.179. The number of rotatable bonds is 3. The van der Waals surface area contributed by atoms with Gasteiger partial charge in [0.15, 0.2) is 0 Å². The Labute approximate surface area is 342 Å². The Morgan fingerprint density at radius 3 is 1.84 bits per heavy atom. The Morgan fingerprint density at radius 2 is 1.05 bits per heavy atom. The SMILES string of the molecule is c1ccc(-c2ccc(-c3nc(-n4c5ccccc5c5cc6c(cc54)C4(c5ccccc5S6)c5ccccc5-c5ccccc54)nc4c3sc3ccccc34)cc2)cc1. The third-order valence-electron chi connectivity index (χ3n) is 12.3. The van der Waals surface area contributed by atoms with Gasteiger partial charge in [0.1, 0.15) is 0 Å². The maximum absolute atomic E-state index is 5.58. The Kier molecular flexibility index (Phi) is 6.75. The number of hydrogen-bond acceptors (Lipinski definition) is 4. The third kappa shape index (κ3) is 4.35. The molecule has 1 spiro atoms. The summed E-state index contributed by atoms with van der Waals surface area (Å²) in [4.78, 5) is 13.7. The highest BCUT2D eigenvalue weighted by molar-refractivity contribution is 7.99. The Bertz CT molecular complexity index is 3440. The Morgan fingerprint density at radius 1 is 0.431 bits per heavy atom. The summed E-state index contributed by atoms with van der Waals surface area (Å²) in [7, 11) is 0. The molecular formula is C53H31N3S2. The molecule has 8 aromatic carbocycles. The molecule has 1 aliphatic carbocycles. The van der Waals surface area contributed by atoms with Crippen molar-refractivity contribution in [1.82, 2.24) is 14.5 Å². The van der Waals surface area contributed by atoms with E-state index in [9.17, 15) is 0 Å². The molecule has 11 aromatic rings. The summed E-state index contributed by atoms with van der Waals surface area (Å²) >= 11 is 3.66. The standard InChI is InChI=1S/C53H31N3S2/c1-2-14-32(15-3-1)33-26-28-34(29-27-33)49-51-50(38-19-7-12-24-46(38)58-51)55-52(54-49)56-44-23-11-6-18-37(44)39-30-48-43(31-45(39)56)53(42-22-10-13-25-47(42)57-48)40-20-8-4-16-35(40)36-17-5-9-21-41(36)53/h1-31H. The van der Waals surface area contributed by atoms with Crippen LogP contribution in [0, 0.1) is 0 Å². The van der Waals surface area contributed by atoms with E-state index in [1.54, 1.807) is 11.3 Å². The number of thiophene rings is 1. The van der Waals surface area contributed by atoms with Crippen LogP contribution >= 0.6 is 23.1 Å². The van der Waals surface area contributed by atoms with Crippen molar-refractivity contribution in [2.75, 3.05) is 0 Å². The fraction of sp³-hybridized carbons (Fsp3) is 0.0189. The van der Waals surface area contributed by atoms with E-state index in [-0.39, 0.29) is 0 Å². The van der Waals surface area contributed by atoms with E-state index in [0.717, 1.165) is 37.9 Å². The van der Waals surface area contributed by atoms with Gasteiger partial charge in [-0.1, -0.05) is 169 Å². The highest BCUT2D eigenvalue weighted by Crippen LogP contribution is 2.62. The zero-order valence-electron chi connectivity index (χ0n) is 31.1. The van der Waals surface area contributed by atoms with E-state index in [4.69, 9.17) is 9.97 Å². The van der Waals surface area contributed by atoms with Crippen LogP contribution in [0.5, 0.6) is 0 Å². The lowest BCUT2D eigenvalue weighted by molar-refractivity contribution is 0.723. The van der Waals surface area contributed by atoms with Crippen molar-refractivity contribution in [1.29, 1.82) is 0 Å². The molecule has 0 bridgehead atoms. The van der Waals surface area contributed by atoms with Crippen LogP contribution in [0.15, 0.2) is 198 Å². The van der Waals surface area contributed by atoms with Gasteiger partial charge in [0.2, 0.25) is 5.95 Å². The van der Waals surface area contributed by atoms with Crippen molar-refractivity contribution < 1.29 is 0 Å². The van der Waals surface area contributed by atoms with Crippen molar-refractivity contribution in [3.63, 3.8) is 0 Å². The lowest BCUT2D eigenvalue weighted by Gasteiger charge is -2.39. The highest BCUT2D eigenvalue weighted by atomic mass is 32.2. The van der Waals surface area contributed by atoms with Crippen molar-refractivity contribution in [3.8, 4) is 39.5 Å². The smallest absolute Gasteiger partial charge is 0.235 e. The van der Waals surface area contributed by atoms with E-state index in [1.807, 2.05) is 11.8 Å². The molecule has 0 saturated carbocycles. The average Bonchev–Trinajstić information content (AvgIpc) is 3.92. The Balaban J connectivity index is 1.12. The van der Waals surface area contributed by atoms with Gasteiger partial charge in [0.05, 0.1) is 32.4 Å². The molecule has 2 aliphatic rings. The Hall–Kier alpha value is -6.79. The van der Waals surface area contributed by atoms with E-state index < -0.39 is 5.41 Å².